The SMILES string of the molecule is C=C1C=C(C(F)F)n2ncc(C(O)NCc3ccccc3Cl)c2N1. The zero-order chi connectivity index (χ0) is 17.3. The van der Waals surface area contributed by atoms with Gasteiger partial charge in [0.2, 0.25) is 0 Å². The lowest BCUT2D eigenvalue weighted by molar-refractivity contribution is 0.138. The van der Waals surface area contributed by atoms with Gasteiger partial charge in [-0.2, -0.15) is 5.10 Å². The van der Waals surface area contributed by atoms with Crippen molar-refractivity contribution in [2.24, 2.45) is 0 Å². The first-order chi connectivity index (χ1) is 11.5. The van der Waals surface area contributed by atoms with Gasteiger partial charge < -0.3 is 10.4 Å². The number of anilines is 1. The molecule has 126 valence electrons. The van der Waals surface area contributed by atoms with E-state index in [0.717, 1.165) is 10.2 Å². The third-order valence-corrected chi connectivity index (χ3v) is 3.97. The van der Waals surface area contributed by atoms with E-state index >= 15 is 0 Å². The number of hydrogen-bond donors (Lipinski definition) is 3. The first-order valence-electron chi connectivity index (χ1n) is 7.16. The number of nitrogens with one attached hydrogen (secondary N) is 2. The van der Waals surface area contributed by atoms with E-state index in [0.29, 0.717) is 22.8 Å². The number of allylic oxidation sites excluding steroid dienone is 2. The smallest absolute Gasteiger partial charge is 0.280 e. The lowest BCUT2D eigenvalue weighted by Crippen LogP contribution is -2.23. The summed E-state index contributed by atoms with van der Waals surface area (Å²) in [5.74, 6) is 0.261. The summed E-state index contributed by atoms with van der Waals surface area (Å²) in [4.78, 5) is 0. The molecule has 0 bridgehead atoms. The van der Waals surface area contributed by atoms with Gasteiger partial charge in [-0.3, -0.25) is 5.32 Å². The molecule has 0 spiro atoms. The second-order valence-electron chi connectivity index (χ2n) is 5.26. The summed E-state index contributed by atoms with van der Waals surface area (Å²) in [5, 5.41) is 20.6. The zero-order valence-corrected chi connectivity index (χ0v) is 13.3. The van der Waals surface area contributed by atoms with Crippen molar-refractivity contribution in [3.05, 3.63) is 65.0 Å². The fourth-order valence-corrected chi connectivity index (χ4v) is 2.63. The highest BCUT2D eigenvalue weighted by Crippen LogP contribution is 2.32. The normalized spacial score (nSPS) is 15.0. The quantitative estimate of drug-likeness (QED) is 0.722. The molecule has 2 aromatic rings. The molecule has 0 radical (unpaired) electrons. The van der Waals surface area contributed by atoms with Crippen LogP contribution in [-0.4, -0.2) is 21.3 Å². The van der Waals surface area contributed by atoms with Gasteiger partial charge in [0, 0.05) is 17.3 Å². The Balaban J connectivity index is 1.80. The molecule has 24 heavy (non-hydrogen) atoms. The van der Waals surface area contributed by atoms with Crippen molar-refractivity contribution in [1.82, 2.24) is 15.1 Å². The highest BCUT2D eigenvalue weighted by molar-refractivity contribution is 6.31. The molecule has 2 heterocycles. The fraction of sp³-hybridized carbons (Fsp3) is 0.188. The monoisotopic (exact) mass is 352 g/mol. The number of aromatic nitrogens is 2. The number of rotatable bonds is 5. The van der Waals surface area contributed by atoms with E-state index in [4.69, 9.17) is 11.6 Å². The van der Waals surface area contributed by atoms with E-state index in [1.807, 2.05) is 18.2 Å². The standard InChI is InChI=1S/C16H15ClF2N4O/c1-9-6-13(14(18)19)23-15(22-9)11(8-21-23)16(24)20-7-10-4-2-3-5-12(10)17/h2-6,8,14,16,20,22,24H,1,7H2. The predicted molar refractivity (Wildman–Crippen MR) is 88.5 cm³/mol. The summed E-state index contributed by atoms with van der Waals surface area (Å²) in [5.41, 5.74) is 1.16. The first kappa shape index (κ1) is 16.6. The molecule has 0 amide bonds. The Hall–Kier alpha value is -2.22. The maximum Gasteiger partial charge on any atom is 0.280 e. The van der Waals surface area contributed by atoms with Gasteiger partial charge in [0.05, 0.1) is 11.8 Å². The van der Waals surface area contributed by atoms with Gasteiger partial charge >= 0.3 is 0 Å². The lowest BCUT2D eigenvalue weighted by Gasteiger charge is -2.21. The Morgan fingerprint density at radius 1 is 1.38 bits per heavy atom. The van der Waals surface area contributed by atoms with Crippen LogP contribution in [0.3, 0.4) is 0 Å². The third kappa shape index (κ3) is 3.19. The van der Waals surface area contributed by atoms with E-state index in [9.17, 15) is 13.9 Å². The highest BCUT2D eigenvalue weighted by Gasteiger charge is 2.26. The number of aliphatic hydroxyl groups excluding tert-OH is 1. The Kier molecular flexibility index (Phi) is 4.66. The molecule has 3 rings (SSSR count). The van der Waals surface area contributed by atoms with Crippen LogP contribution in [-0.2, 0) is 6.54 Å². The highest BCUT2D eigenvalue weighted by atomic mass is 35.5. The molecule has 1 unspecified atom stereocenters. The van der Waals surface area contributed by atoms with Crippen LogP contribution < -0.4 is 10.6 Å². The minimum absolute atomic E-state index is 0.261. The second-order valence-corrected chi connectivity index (χ2v) is 5.66. The van der Waals surface area contributed by atoms with Gasteiger partial charge in [0.1, 0.15) is 17.7 Å². The molecule has 5 nitrogen and oxygen atoms in total. The maximum absolute atomic E-state index is 13.1. The van der Waals surface area contributed by atoms with Crippen molar-refractivity contribution in [2.45, 2.75) is 19.2 Å². The number of fused-ring (bicyclic) bond motifs is 1. The summed E-state index contributed by atoms with van der Waals surface area (Å²) in [6, 6.07) is 7.22. The van der Waals surface area contributed by atoms with Crippen LogP contribution in [0.4, 0.5) is 14.6 Å². The number of aliphatic hydroxyl groups is 1. The minimum Gasteiger partial charge on any atom is -0.374 e. The molecule has 0 aliphatic carbocycles. The van der Waals surface area contributed by atoms with Gasteiger partial charge in [0.15, 0.2) is 0 Å². The van der Waals surface area contributed by atoms with Crippen molar-refractivity contribution in [1.29, 1.82) is 0 Å². The maximum atomic E-state index is 13.1. The molecule has 1 aromatic heterocycles. The minimum atomic E-state index is -2.71. The van der Waals surface area contributed by atoms with Gasteiger partial charge in [-0.1, -0.05) is 36.4 Å². The van der Waals surface area contributed by atoms with Crippen molar-refractivity contribution in [3.63, 3.8) is 0 Å². The fourth-order valence-electron chi connectivity index (χ4n) is 2.42. The average Bonchev–Trinajstić information content (AvgIpc) is 2.96. The number of alkyl halides is 2. The van der Waals surface area contributed by atoms with Gasteiger partial charge in [0.25, 0.3) is 6.43 Å². The molecule has 0 fully saturated rings. The number of nitrogens with zero attached hydrogens (tertiary/aromatic N) is 2. The number of hydrogen-bond acceptors (Lipinski definition) is 4. The molecule has 8 heteroatoms. The largest absolute Gasteiger partial charge is 0.374 e. The Morgan fingerprint density at radius 2 is 2.12 bits per heavy atom. The summed E-state index contributed by atoms with van der Waals surface area (Å²) in [6.45, 7) is 3.96. The third-order valence-electron chi connectivity index (χ3n) is 3.61. The topological polar surface area (TPSA) is 62.1 Å². The Morgan fingerprint density at radius 3 is 2.83 bits per heavy atom. The van der Waals surface area contributed by atoms with E-state index in [1.54, 1.807) is 6.07 Å². The number of halogens is 3. The summed E-state index contributed by atoms with van der Waals surface area (Å²) in [7, 11) is 0. The van der Waals surface area contributed by atoms with E-state index in [-0.39, 0.29) is 11.5 Å². The average molecular weight is 353 g/mol. The van der Waals surface area contributed by atoms with E-state index in [1.165, 1.54) is 12.3 Å². The van der Waals surface area contributed by atoms with Crippen molar-refractivity contribution in [2.75, 3.05) is 5.32 Å². The molecular formula is C16H15ClF2N4O. The molecule has 1 aromatic carbocycles. The summed E-state index contributed by atoms with van der Waals surface area (Å²) < 4.78 is 27.3. The van der Waals surface area contributed by atoms with Crippen molar-refractivity contribution in [3.8, 4) is 0 Å². The van der Waals surface area contributed by atoms with Crippen LogP contribution in [0, 0.1) is 0 Å². The van der Waals surface area contributed by atoms with Crippen LogP contribution in [0.1, 0.15) is 17.4 Å². The Labute approximate surface area is 142 Å². The molecule has 0 saturated heterocycles. The van der Waals surface area contributed by atoms with Gasteiger partial charge in [-0.15, -0.1) is 0 Å². The van der Waals surface area contributed by atoms with Crippen molar-refractivity contribution < 1.29 is 13.9 Å². The molecule has 1 atom stereocenters. The van der Waals surface area contributed by atoms with E-state index in [2.05, 4.69) is 22.3 Å². The predicted octanol–water partition coefficient (Wildman–Crippen LogP) is 3.36. The molecule has 1 aliphatic heterocycles. The molecule has 1 aliphatic rings. The van der Waals surface area contributed by atoms with Gasteiger partial charge in [-0.05, 0) is 17.7 Å². The summed E-state index contributed by atoms with van der Waals surface area (Å²) >= 11 is 6.07. The van der Waals surface area contributed by atoms with Crippen molar-refractivity contribution >= 4 is 23.1 Å². The van der Waals surface area contributed by atoms with Gasteiger partial charge in [-0.25, -0.2) is 13.5 Å². The van der Waals surface area contributed by atoms with Crippen LogP contribution in [0.15, 0.2) is 48.8 Å². The van der Waals surface area contributed by atoms with Crippen LogP contribution in [0.2, 0.25) is 5.02 Å². The molecule has 0 saturated carbocycles. The van der Waals surface area contributed by atoms with Crippen LogP contribution in [0.25, 0.3) is 5.70 Å². The number of benzene rings is 1. The van der Waals surface area contributed by atoms with Crippen LogP contribution in [0.5, 0.6) is 0 Å². The van der Waals surface area contributed by atoms with E-state index < -0.39 is 12.7 Å². The second kappa shape index (κ2) is 6.72. The molecule has 3 N–H and O–H groups in total. The lowest BCUT2D eigenvalue weighted by atomic mass is 10.2. The molecular weight excluding hydrogens is 338 g/mol. The zero-order valence-electron chi connectivity index (χ0n) is 12.5. The first-order valence-corrected chi connectivity index (χ1v) is 7.54. The Bertz CT molecular complexity index is 803. The summed E-state index contributed by atoms with van der Waals surface area (Å²) in [6.07, 6.45) is -1.26. The van der Waals surface area contributed by atoms with Crippen LogP contribution >= 0.6 is 11.6 Å².